The topological polar surface area (TPSA) is 43.4 Å². The molecule has 3 atom stereocenters. The number of hydrogen-bond donors (Lipinski definition) is 0. The second kappa shape index (κ2) is 3.13. The Morgan fingerprint density at radius 2 is 2.31 bits per heavy atom. The highest BCUT2D eigenvalue weighted by Crippen LogP contribution is 2.49. The highest BCUT2D eigenvalue weighted by atomic mass is 16.5. The van der Waals surface area contributed by atoms with Crippen molar-refractivity contribution < 1.29 is 14.3 Å². The van der Waals surface area contributed by atoms with E-state index >= 15 is 0 Å². The lowest BCUT2D eigenvalue weighted by atomic mass is 9.86. The molecule has 0 aromatic carbocycles. The van der Waals surface area contributed by atoms with Crippen LogP contribution in [0.2, 0.25) is 0 Å². The summed E-state index contributed by atoms with van der Waals surface area (Å²) < 4.78 is 4.56. The van der Waals surface area contributed by atoms with Crippen LogP contribution in [0.15, 0.2) is 0 Å². The fraction of sp³-hybridized carbons (Fsp3) is 0.800. The van der Waals surface area contributed by atoms with E-state index < -0.39 is 0 Å². The summed E-state index contributed by atoms with van der Waals surface area (Å²) in [6.45, 7) is 0. The molecule has 72 valence electrons. The van der Waals surface area contributed by atoms with Crippen LogP contribution in [0.5, 0.6) is 0 Å². The first-order chi connectivity index (χ1) is 6.22. The highest BCUT2D eigenvalue weighted by molar-refractivity contribution is 5.89. The largest absolute Gasteiger partial charge is 0.469 e. The molecule has 0 saturated heterocycles. The molecule has 0 bridgehead atoms. The Labute approximate surface area is 77.4 Å². The van der Waals surface area contributed by atoms with Gasteiger partial charge in [-0.2, -0.15) is 0 Å². The van der Waals surface area contributed by atoms with E-state index in [4.69, 9.17) is 0 Å². The highest BCUT2D eigenvalue weighted by Gasteiger charge is 2.48. The average Bonchev–Trinajstić information content (AvgIpc) is 2.89. The van der Waals surface area contributed by atoms with Crippen molar-refractivity contribution in [1.29, 1.82) is 0 Å². The van der Waals surface area contributed by atoms with Gasteiger partial charge in [-0.1, -0.05) is 0 Å². The number of carbonyl (C=O) groups excluding carboxylic acids is 2. The van der Waals surface area contributed by atoms with Gasteiger partial charge in [0.2, 0.25) is 0 Å². The minimum atomic E-state index is -0.252. The SMILES string of the molecule is COC(=O)CC1CCC2CC2C1=O. The average molecular weight is 182 g/mol. The molecule has 0 amide bonds. The Kier molecular flexibility index (Phi) is 2.10. The lowest BCUT2D eigenvalue weighted by Gasteiger charge is -2.18. The minimum Gasteiger partial charge on any atom is -0.469 e. The van der Waals surface area contributed by atoms with Crippen molar-refractivity contribution >= 4 is 11.8 Å². The number of Topliss-reactive ketones (excluding diaryl/α,β-unsaturated/α-hetero) is 1. The summed E-state index contributed by atoms with van der Waals surface area (Å²) >= 11 is 0. The van der Waals surface area contributed by atoms with E-state index in [1.165, 1.54) is 7.11 Å². The maximum absolute atomic E-state index is 11.6. The second-order valence-corrected chi connectivity index (χ2v) is 4.06. The number of rotatable bonds is 2. The summed E-state index contributed by atoms with van der Waals surface area (Å²) in [5.74, 6) is 0.958. The van der Waals surface area contributed by atoms with E-state index in [1.807, 2.05) is 0 Å². The van der Waals surface area contributed by atoms with Gasteiger partial charge in [-0.15, -0.1) is 0 Å². The summed E-state index contributed by atoms with van der Waals surface area (Å²) in [5.41, 5.74) is 0. The van der Waals surface area contributed by atoms with E-state index in [-0.39, 0.29) is 11.9 Å². The molecule has 0 aliphatic heterocycles. The Morgan fingerprint density at radius 1 is 1.54 bits per heavy atom. The smallest absolute Gasteiger partial charge is 0.306 e. The maximum Gasteiger partial charge on any atom is 0.306 e. The number of ether oxygens (including phenoxy) is 1. The molecule has 13 heavy (non-hydrogen) atoms. The summed E-state index contributed by atoms with van der Waals surface area (Å²) in [6, 6.07) is 0. The zero-order valence-electron chi connectivity index (χ0n) is 7.79. The predicted octanol–water partition coefficient (Wildman–Crippen LogP) is 1.16. The monoisotopic (exact) mass is 182 g/mol. The standard InChI is InChI=1S/C10H14O3/c1-13-9(11)5-7-3-2-6-4-8(6)10(7)12/h6-8H,2-5H2,1H3. The van der Waals surface area contributed by atoms with Gasteiger partial charge in [0.05, 0.1) is 13.5 Å². The van der Waals surface area contributed by atoms with E-state index in [2.05, 4.69) is 4.74 Å². The summed E-state index contributed by atoms with van der Waals surface area (Å²) in [4.78, 5) is 22.6. The summed E-state index contributed by atoms with van der Waals surface area (Å²) in [5, 5.41) is 0. The Balaban J connectivity index is 1.91. The third-order valence-corrected chi connectivity index (χ3v) is 3.22. The molecule has 2 saturated carbocycles. The molecule has 0 heterocycles. The van der Waals surface area contributed by atoms with Gasteiger partial charge in [-0.25, -0.2) is 0 Å². The van der Waals surface area contributed by atoms with E-state index in [0.29, 0.717) is 24.0 Å². The third kappa shape index (κ3) is 1.60. The summed E-state index contributed by atoms with van der Waals surface area (Å²) in [6.07, 6.45) is 3.36. The van der Waals surface area contributed by atoms with Gasteiger partial charge in [0, 0.05) is 11.8 Å². The van der Waals surface area contributed by atoms with Gasteiger partial charge < -0.3 is 4.74 Å². The molecule has 2 rings (SSSR count). The number of esters is 1. The quantitative estimate of drug-likeness (QED) is 0.602. The van der Waals surface area contributed by atoms with Crippen molar-refractivity contribution in [1.82, 2.24) is 0 Å². The molecule has 3 nitrogen and oxygen atoms in total. The van der Waals surface area contributed by atoms with Crippen molar-refractivity contribution in [2.75, 3.05) is 7.11 Å². The second-order valence-electron chi connectivity index (χ2n) is 4.06. The molecule has 2 fully saturated rings. The first-order valence-corrected chi connectivity index (χ1v) is 4.83. The van der Waals surface area contributed by atoms with Gasteiger partial charge >= 0.3 is 5.97 Å². The van der Waals surface area contributed by atoms with Crippen molar-refractivity contribution in [3.63, 3.8) is 0 Å². The predicted molar refractivity (Wildman–Crippen MR) is 46.0 cm³/mol. The van der Waals surface area contributed by atoms with Gasteiger partial charge in [-0.05, 0) is 25.2 Å². The third-order valence-electron chi connectivity index (χ3n) is 3.22. The number of methoxy groups -OCH3 is 1. The van der Waals surface area contributed by atoms with Crippen molar-refractivity contribution in [3.8, 4) is 0 Å². The fourth-order valence-corrected chi connectivity index (χ4v) is 2.26. The number of ketones is 1. The van der Waals surface area contributed by atoms with Gasteiger partial charge in [0.15, 0.2) is 0 Å². The van der Waals surface area contributed by atoms with Crippen molar-refractivity contribution in [3.05, 3.63) is 0 Å². The Morgan fingerprint density at radius 3 is 3.00 bits per heavy atom. The fourth-order valence-electron chi connectivity index (χ4n) is 2.26. The molecule has 2 aliphatic carbocycles. The molecule has 0 spiro atoms. The van der Waals surface area contributed by atoms with Crippen LogP contribution >= 0.6 is 0 Å². The number of hydrogen-bond acceptors (Lipinski definition) is 3. The Bertz CT molecular complexity index is 247. The molecular formula is C10H14O3. The zero-order valence-corrected chi connectivity index (χ0v) is 7.79. The van der Waals surface area contributed by atoms with Crippen LogP contribution in [0.4, 0.5) is 0 Å². The first kappa shape index (κ1) is 8.73. The van der Waals surface area contributed by atoms with E-state index in [9.17, 15) is 9.59 Å². The molecule has 0 aromatic rings. The number of fused-ring (bicyclic) bond motifs is 1. The van der Waals surface area contributed by atoms with Gasteiger partial charge in [-0.3, -0.25) is 9.59 Å². The number of carbonyl (C=O) groups is 2. The van der Waals surface area contributed by atoms with Crippen LogP contribution in [0.25, 0.3) is 0 Å². The van der Waals surface area contributed by atoms with E-state index in [0.717, 1.165) is 19.3 Å². The van der Waals surface area contributed by atoms with Crippen LogP contribution in [0.3, 0.4) is 0 Å². The first-order valence-electron chi connectivity index (χ1n) is 4.83. The van der Waals surface area contributed by atoms with E-state index in [1.54, 1.807) is 0 Å². The van der Waals surface area contributed by atoms with Crippen LogP contribution in [0.1, 0.15) is 25.7 Å². The molecule has 0 aromatic heterocycles. The van der Waals surface area contributed by atoms with Crippen molar-refractivity contribution in [2.24, 2.45) is 17.8 Å². The summed E-state index contributed by atoms with van der Waals surface area (Å²) in [7, 11) is 1.37. The maximum atomic E-state index is 11.6. The normalized spacial score (nSPS) is 36.7. The van der Waals surface area contributed by atoms with Crippen LogP contribution in [-0.4, -0.2) is 18.9 Å². The molecule has 3 unspecified atom stereocenters. The molecule has 3 heteroatoms. The minimum absolute atomic E-state index is 0.0452. The molecule has 0 N–H and O–H groups in total. The molecule has 0 radical (unpaired) electrons. The zero-order chi connectivity index (χ0) is 9.42. The van der Waals surface area contributed by atoms with Crippen LogP contribution in [-0.2, 0) is 14.3 Å². The van der Waals surface area contributed by atoms with Crippen LogP contribution in [0, 0.1) is 17.8 Å². The van der Waals surface area contributed by atoms with Gasteiger partial charge in [0.25, 0.3) is 0 Å². The Hall–Kier alpha value is -0.860. The van der Waals surface area contributed by atoms with Crippen LogP contribution < -0.4 is 0 Å². The molecule has 2 aliphatic rings. The lowest BCUT2D eigenvalue weighted by molar-refractivity contribution is -0.144. The van der Waals surface area contributed by atoms with Gasteiger partial charge in [0.1, 0.15) is 5.78 Å². The molecular weight excluding hydrogens is 168 g/mol. The van der Waals surface area contributed by atoms with Crippen molar-refractivity contribution in [2.45, 2.75) is 25.7 Å². The lowest BCUT2D eigenvalue weighted by Crippen LogP contribution is -2.24.